The van der Waals surface area contributed by atoms with Gasteiger partial charge in [-0.3, -0.25) is 9.59 Å². The maximum atomic E-state index is 12.4. The summed E-state index contributed by atoms with van der Waals surface area (Å²) in [7, 11) is 0. The number of hydrogen-bond acceptors (Lipinski definition) is 3. The fraction of sp³-hybridized carbons (Fsp3) is 0.600. The second kappa shape index (κ2) is 6.39. The number of thiophene rings is 1. The van der Waals surface area contributed by atoms with Gasteiger partial charge < -0.3 is 10.0 Å². The van der Waals surface area contributed by atoms with Gasteiger partial charge in [-0.1, -0.05) is 18.9 Å². The molecule has 5 heteroatoms. The largest absolute Gasteiger partial charge is 0.481 e. The molecule has 0 bridgehead atoms. The number of amides is 1. The number of carbonyl (C=O) groups excluding carboxylic acids is 1. The molecule has 4 nitrogen and oxygen atoms in total. The molecule has 0 unspecified atom stereocenters. The van der Waals surface area contributed by atoms with Crippen molar-refractivity contribution in [1.82, 2.24) is 4.90 Å². The van der Waals surface area contributed by atoms with Crippen LogP contribution < -0.4 is 0 Å². The Morgan fingerprint density at radius 1 is 1.40 bits per heavy atom. The summed E-state index contributed by atoms with van der Waals surface area (Å²) in [5.74, 6) is -0.847. The van der Waals surface area contributed by atoms with Gasteiger partial charge in [0.15, 0.2) is 0 Å². The van der Waals surface area contributed by atoms with E-state index in [2.05, 4.69) is 0 Å². The lowest BCUT2D eigenvalue weighted by molar-refractivity contribution is -0.153. The van der Waals surface area contributed by atoms with E-state index in [1.54, 1.807) is 16.2 Å². The van der Waals surface area contributed by atoms with Gasteiger partial charge in [-0.15, -0.1) is 11.3 Å². The van der Waals surface area contributed by atoms with E-state index in [-0.39, 0.29) is 12.3 Å². The summed E-state index contributed by atoms with van der Waals surface area (Å²) in [6.07, 6.45) is 3.23. The van der Waals surface area contributed by atoms with Gasteiger partial charge in [-0.05, 0) is 31.2 Å². The molecule has 1 amide bonds. The number of carboxylic acid groups (broad SMARTS) is 1. The quantitative estimate of drug-likeness (QED) is 0.877. The van der Waals surface area contributed by atoms with E-state index in [4.69, 9.17) is 0 Å². The summed E-state index contributed by atoms with van der Waals surface area (Å²) >= 11 is 1.62. The molecule has 0 atom stereocenters. The summed E-state index contributed by atoms with van der Waals surface area (Å²) in [4.78, 5) is 26.8. The van der Waals surface area contributed by atoms with E-state index < -0.39 is 11.4 Å². The van der Waals surface area contributed by atoms with Gasteiger partial charge >= 0.3 is 5.97 Å². The summed E-state index contributed by atoms with van der Waals surface area (Å²) in [6, 6.07) is 3.97. The van der Waals surface area contributed by atoms with Crippen LogP contribution in [0.1, 0.15) is 43.9 Å². The molecule has 0 saturated heterocycles. The fourth-order valence-corrected chi connectivity index (χ4v) is 3.61. The molecule has 0 radical (unpaired) electrons. The van der Waals surface area contributed by atoms with Crippen LogP contribution in [-0.2, 0) is 16.1 Å². The van der Waals surface area contributed by atoms with E-state index in [9.17, 15) is 14.7 Å². The Morgan fingerprint density at radius 3 is 2.60 bits per heavy atom. The average molecular weight is 295 g/mol. The average Bonchev–Trinajstić information content (AvgIpc) is 3.07. The molecule has 1 heterocycles. The Kier molecular flexibility index (Phi) is 4.81. The highest BCUT2D eigenvalue weighted by molar-refractivity contribution is 7.09. The lowest BCUT2D eigenvalue weighted by Crippen LogP contribution is -2.38. The molecule has 0 aliphatic heterocycles. The van der Waals surface area contributed by atoms with Crippen molar-refractivity contribution in [3.8, 4) is 0 Å². The fourth-order valence-electron chi connectivity index (χ4n) is 2.89. The first-order valence-corrected chi connectivity index (χ1v) is 7.99. The van der Waals surface area contributed by atoms with Crippen LogP contribution in [0.5, 0.6) is 0 Å². The highest BCUT2D eigenvalue weighted by atomic mass is 32.1. The summed E-state index contributed by atoms with van der Waals surface area (Å²) in [6.45, 7) is 3.14. The molecule has 2 rings (SSSR count). The molecule has 110 valence electrons. The Morgan fingerprint density at radius 2 is 2.10 bits per heavy atom. The lowest BCUT2D eigenvalue weighted by Gasteiger charge is -2.27. The van der Waals surface area contributed by atoms with Crippen LogP contribution in [0.4, 0.5) is 0 Å². The maximum absolute atomic E-state index is 12.4. The number of nitrogens with zero attached hydrogens (tertiary/aromatic N) is 1. The molecule has 1 saturated carbocycles. The molecule has 1 fully saturated rings. The van der Waals surface area contributed by atoms with E-state index in [0.717, 1.165) is 17.7 Å². The predicted molar refractivity (Wildman–Crippen MR) is 78.6 cm³/mol. The van der Waals surface area contributed by atoms with Crippen LogP contribution in [-0.4, -0.2) is 28.4 Å². The van der Waals surface area contributed by atoms with E-state index in [1.807, 2.05) is 24.4 Å². The minimum Gasteiger partial charge on any atom is -0.481 e. The number of rotatable bonds is 6. The van der Waals surface area contributed by atoms with Crippen molar-refractivity contribution >= 4 is 23.2 Å². The van der Waals surface area contributed by atoms with E-state index in [0.29, 0.717) is 25.9 Å². The highest BCUT2D eigenvalue weighted by Gasteiger charge is 2.43. The van der Waals surface area contributed by atoms with E-state index >= 15 is 0 Å². The molecule has 1 N–H and O–H groups in total. The molecule has 1 aliphatic carbocycles. The van der Waals surface area contributed by atoms with Crippen molar-refractivity contribution in [2.75, 3.05) is 6.54 Å². The van der Waals surface area contributed by atoms with Gasteiger partial charge in [0.25, 0.3) is 0 Å². The second-order valence-electron chi connectivity index (χ2n) is 5.46. The predicted octanol–water partition coefficient (Wildman–Crippen LogP) is 3.13. The zero-order valence-electron chi connectivity index (χ0n) is 11.8. The van der Waals surface area contributed by atoms with Gasteiger partial charge in [0.1, 0.15) is 0 Å². The van der Waals surface area contributed by atoms with Crippen LogP contribution in [0, 0.1) is 5.41 Å². The number of carbonyl (C=O) groups is 2. The summed E-state index contributed by atoms with van der Waals surface area (Å²) < 4.78 is 0. The van der Waals surface area contributed by atoms with Gasteiger partial charge in [-0.2, -0.15) is 0 Å². The molecule has 1 aliphatic rings. The lowest BCUT2D eigenvalue weighted by atomic mass is 9.82. The molecule has 0 spiro atoms. The van der Waals surface area contributed by atoms with Crippen molar-refractivity contribution in [2.24, 2.45) is 5.41 Å². The van der Waals surface area contributed by atoms with E-state index in [1.165, 1.54) is 0 Å². The van der Waals surface area contributed by atoms with Gasteiger partial charge in [0.05, 0.1) is 12.0 Å². The Labute approximate surface area is 123 Å². The Hall–Kier alpha value is -1.36. The zero-order valence-corrected chi connectivity index (χ0v) is 12.6. The highest BCUT2D eigenvalue weighted by Crippen LogP contribution is 2.41. The first-order valence-electron chi connectivity index (χ1n) is 7.11. The first-order chi connectivity index (χ1) is 9.57. The third-order valence-corrected chi connectivity index (χ3v) is 5.03. The Bertz CT molecular complexity index is 463. The zero-order chi connectivity index (χ0) is 14.6. The van der Waals surface area contributed by atoms with Crippen LogP contribution in [0.2, 0.25) is 0 Å². The van der Waals surface area contributed by atoms with Crippen LogP contribution in [0.25, 0.3) is 0 Å². The van der Waals surface area contributed by atoms with Crippen molar-refractivity contribution in [1.29, 1.82) is 0 Å². The summed E-state index contributed by atoms with van der Waals surface area (Å²) in [5, 5.41) is 11.4. The van der Waals surface area contributed by atoms with Crippen molar-refractivity contribution in [2.45, 2.75) is 45.6 Å². The summed E-state index contributed by atoms with van der Waals surface area (Å²) in [5.41, 5.74) is -0.819. The second-order valence-corrected chi connectivity index (χ2v) is 6.49. The minimum absolute atomic E-state index is 0.0369. The topological polar surface area (TPSA) is 57.6 Å². The maximum Gasteiger partial charge on any atom is 0.310 e. The molecule has 0 aromatic carbocycles. The molecular weight excluding hydrogens is 274 g/mol. The monoisotopic (exact) mass is 295 g/mol. The van der Waals surface area contributed by atoms with Crippen LogP contribution in [0.3, 0.4) is 0 Å². The SMILES string of the molecule is CCN(Cc1cccs1)C(=O)CC1(C(=O)O)CCCC1. The van der Waals surface area contributed by atoms with Crippen LogP contribution in [0.15, 0.2) is 17.5 Å². The minimum atomic E-state index is -0.819. The molecule has 20 heavy (non-hydrogen) atoms. The van der Waals surface area contributed by atoms with Crippen molar-refractivity contribution in [3.05, 3.63) is 22.4 Å². The smallest absolute Gasteiger partial charge is 0.310 e. The van der Waals surface area contributed by atoms with Gasteiger partial charge in [-0.25, -0.2) is 0 Å². The standard InChI is InChI=1S/C15H21NO3S/c1-2-16(11-12-6-5-9-20-12)13(17)10-15(14(18)19)7-3-4-8-15/h5-6,9H,2-4,7-8,10-11H2,1H3,(H,18,19). The first kappa shape index (κ1) is 15.0. The Balaban J connectivity index is 2.03. The third-order valence-electron chi connectivity index (χ3n) is 4.17. The third kappa shape index (κ3) is 3.20. The number of aliphatic carboxylic acids is 1. The number of carboxylic acids is 1. The number of hydrogen-bond donors (Lipinski definition) is 1. The van der Waals surface area contributed by atoms with Crippen molar-refractivity contribution < 1.29 is 14.7 Å². The van der Waals surface area contributed by atoms with Gasteiger partial charge in [0, 0.05) is 17.8 Å². The van der Waals surface area contributed by atoms with Crippen molar-refractivity contribution in [3.63, 3.8) is 0 Å². The van der Waals surface area contributed by atoms with Crippen LogP contribution >= 0.6 is 11.3 Å². The molecular formula is C15H21NO3S. The normalized spacial score (nSPS) is 17.1. The molecule has 1 aromatic rings. The van der Waals surface area contributed by atoms with Gasteiger partial charge in [0.2, 0.25) is 5.91 Å². The molecule has 1 aromatic heterocycles.